The first-order chi connectivity index (χ1) is 10.4. The smallest absolute Gasteiger partial charge is 0.450 e. The van der Waals surface area contributed by atoms with Crippen LogP contribution in [0.5, 0.6) is 0 Å². The number of carbonyl (C=O) groups is 2. The van der Waals surface area contributed by atoms with Crippen molar-refractivity contribution in [3.8, 4) is 0 Å². The average molecular weight is 344 g/mol. The van der Waals surface area contributed by atoms with Gasteiger partial charge in [-0.15, -0.1) is 11.3 Å². The van der Waals surface area contributed by atoms with Crippen LogP contribution in [-0.4, -0.2) is 46.0 Å². The molecule has 1 unspecified atom stereocenters. The Morgan fingerprint density at radius 2 is 2.14 bits per heavy atom. The van der Waals surface area contributed by atoms with Gasteiger partial charge in [0.05, 0.1) is 10.2 Å². The van der Waals surface area contributed by atoms with Gasteiger partial charge in [-0.2, -0.15) is 0 Å². The monoisotopic (exact) mass is 344 g/mol. The van der Waals surface area contributed by atoms with Gasteiger partial charge in [-0.1, -0.05) is 11.8 Å². The van der Waals surface area contributed by atoms with E-state index in [1.165, 1.54) is 23.1 Å². The fourth-order valence-electron chi connectivity index (χ4n) is 1.57. The van der Waals surface area contributed by atoms with Gasteiger partial charge in [0.25, 0.3) is 0 Å². The number of aromatic nitrogens is 1. The second-order valence-corrected chi connectivity index (χ2v) is 6.40. The van der Waals surface area contributed by atoms with Crippen LogP contribution in [0.3, 0.4) is 0 Å². The second-order valence-electron chi connectivity index (χ2n) is 4.10. The highest BCUT2D eigenvalue weighted by atomic mass is 32.2. The van der Waals surface area contributed by atoms with Crippen molar-refractivity contribution in [3.63, 3.8) is 0 Å². The molecule has 1 aromatic carbocycles. The van der Waals surface area contributed by atoms with Gasteiger partial charge in [0.2, 0.25) is 0 Å². The first-order valence-corrected chi connectivity index (χ1v) is 7.78. The van der Waals surface area contributed by atoms with Crippen molar-refractivity contribution < 1.29 is 29.3 Å². The maximum Gasteiger partial charge on any atom is 0.506 e. The molecule has 0 aliphatic rings. The van der Waals surface area contributed by atoms with Gasteiger partial charge in [0.1, 0.15) is 12.7 Å². The number of anilines is 1. The number of thiazole rings is 1. The van der Waals surface area contributed by atoms with Gasteiger partial charge in [0, 0.05) is 11.4 Å². The lowest BCUT2D eigenvalue weighted by Gasteiger charge is -2.13. The van der Waals surface area contributed by atoms with E-state index in [0.29, 0.717) is 10.0 Å². The minimum Gasteiger partial charge on any atom is -0.450 e. The molecule has 22 heavy (non-hydrogen) atoms. The Kier molecular flexibility index (Phi) is 5.28. The standard InChI is InChI=1S/C12H12N2O6S2/c13-6-1-2-8-9(3-6)22-10(14-8)21-5-7(20-12(17)18)4-19-11(15)16/h1-3,7H,4-5,13H2,(H,15,16)(H,17,18). The molecule has 1 heterocycles. The Morgan fingerprint density at radius 1 is 1.36 bits per heavy atom. The summed E-state index contributed by atoms with van der Waals surface area (Å²) >= 11 is 2.67. The molecule has 0 radical (unpaired) electrons. The topological polar surface area (TPSA) is 132 Å². The molecule has 1 aromatic heterocycles. The summed E-state index contributed by atoms with van der Waals surface area (Å²) in [7, 11) is 0. The van der Waals surface area contributed by atoms with E-state index in [0.717, 1.165) is 10.2 Å². The summed E-state index contributed by atoms with van der Waals surface area (Å²) in [5, 5.41) is 17.1. The normalized spacial score (nSPS) is 12.0. The quantitative estimate of drug-likeness (QED) is 0.411. The largest absolute Gasteiger partial charge is 0.506 e. The number of nitrogen functional groups attached to an aromatic ring is 1. The number of carboxylic acid groups (broad SMARTS) is 2. The highest BCUT2D eigenvalue weighted by molar-refractivity contribution is 8.01. The summed E-state index contributed by atoms with van der Waals surface area (Å²) in [5.41, 5.74) is 7.12. The Labute approximate surface area is 132 Å². The summed E-state index contributed by atoms with van der Waals surface area (Å²) in [4.78, 5) is 25.3. The van der Waals surface area contributed by atoms with Crippen molar-refractivity contribution in [2.45, 2.75) is 10.4 Å². The van der Waals surface area contributed by atoms with Crippen LogP contribution in [-0.2, 0) is 9.47 Å². The number of rotatable bonds is 6. The molecule has 4 N–H and O–H groups in total. The highest BCUT2D eigenvalue weighted by Gasteiger charge is 2.18. The van der Waals surface area contributed by atoms with Gasteiger partial charge < -0.3 is 25.4 Å². The van der Waals surface area contributed by atoms with E-state index in [9.17, 15) is 9.59 Å². The number of fused-ring (bicyclic) bond motifs is 1. The average Bonchev–Trinajstić information content (AvgIpc) is 2.83. The fraction of sp³-hybridized carbons (Fsp3) is 0.250. The number of benzene rings is 1. The molecular weight excluding hydrogens is 332 g/mol. The first kappa shape index (κ1) is 16.2. The van der Waals surface area contributed by atoms with Crippen molar-refractivity contribution in [1.29, 1.82) is 0 Å². The lowest BCUT2D eigenvalue weighted by Crippen LogP contribution is -2.26. The Balaban J connectivity index is 1.99. The highest BCUT2D eigenvalue weighted by Crippen LogP contribution is 2.31. The maximum absolute atomic E-state index is 10.6. The Bertz CT molecular complexity index is 689. The van der Waals surface area contributed by atoms with Crippen molar-refractivity contribution in [2.75, 3.05) is 18.1 Å². The lowest BCUT2D eigenvalue weighted by molar-refractivity contribution is 0.0140. The molecule has 8 nitrogen and oxygen atoms in total. The fourth-order valence-corrected chi connectivity index (χ4v) is 3.68. The minimum absolute atomic E-state index is 0.189. The molecule has 0 amide bonds. The number of hydrogen-bond donors (Lipinski definition) is 3. The molecule has 0 aliphatic heterocycles. The van der Waals surface area contributed by atoms with Gasteiger partial charge in [0.15, 0.2) is 4.34 Å². The summed E-state index contributed by atoms with van der Waals surface area (Å²) in [6.07, 6.45) is -3.88. The number of hydrogen-bond acceptors (Lipinski definition) is 8. The van der Waals surface area contributed by atoms with E-state index < -0.39 is 18.4 Å². The molecule has 1 atom stereocenters. The predicted octanol–water partition coefficient (Wildman–Crippen LogP) is 2.73. The van der Waals surface area contributed by atoms with E-state index >= 15 is 0 Å². The predicted molar refractivity (Wildman–Crippen MR) is 81.6 cm³/mol. The SMILES string of the molecule is Nc1ccc2nc(SCC(COC(=O)O)OC(=O)O)sc2c1. The number of nitrogens with zero attached hydrogens (tertiary/aromatic N) is 1. The van der Waals surface area contributed by atoms with Crippen LogP contribution < -0.4 is 5.73 Å². The summed E-state index contributed by atoms with van der Waals surface area (Å²) in [6.45, 7) is -0.369. The Hall–Kier alpha value is -2.20. The molecule has 0 spiro atoms. The van der Waals surface area contributed by atoms with Crippen molar-refractivity contribution in [2.24, 2.45) is 0 Å². The van der Waals surface area contributed by atoms with Crippen LogP contribution in [0.4, 0.5) is 15.3 Å². The third-order valence-corrected chi connectivity index (χ3v) is 4.74. The Morgan fingerprint density at radius 3 is 2.82 bits per heavy atom. The van der Waals surface area contributed by atoms with Crippen molar-refractivity contribution in [1.82, 2.24) is 4.98 Å². The zero-order valence-corrected chi connectivity index (χ0v) is 12.7. The van der Waals surface area contributed by atoms with E-state index in [-0.39, 0.29) is 12.4 Å². The number of ether oxygens (including phenoxy) is 2. The zero-order chi connectivity index (χ0) is 16.1. The third kappa shape index (κ3) is 4.67. The molecule has 2 rings (SSSR count). The third-order valence-electron chi connectivity index (χ3n) is 2.45. The second kappa shape index (κ2) is 7.18. The van der Waals surface area contributed by atoms with Crippen molar-refractivity contribution >= 4 is 51.3 Å². The number of nitrogens with two attached hydrogens (primary N) is 1. The van der Waals surface area contributed by atoms with Crippen LogP contribution in [0.1, 0.15) is 0 Å². The van der Waals surface area contributed by atoms with Crippen LogP contribution >= 0.6 is 23.1 Å². The van der Waals surface area contributed by atoms with Crippen LogP contribution in [0.2, 0.25) is 0 Å². The molecular formula is C12H12N2O6S2. The van der Waals surface area contributed by atoms with E-state index in [1.807, 2.05) is 0 Å². The molecule has 2 aromatic rings. The molecule has 0 aliphatic carbocycles. The molecule has 0 saturated heterocycles. The van der Waals surface area contributed by atoms with Gasteiger partial charge in [-0.25, -0.2) is 14.6 Å². The van der Waals surface area contributed by atoms with Crippen LogP contribution in [0, 0.1) is 0 Å². The molecule has 0 fully saturated rings. The van der Waals surface area contributed by atoms with Gasteiger partial charge in [-0.3, -0.25) is 0 Å². The molecule has 0 saturated carbocycles. The lowest BCUT2D eigenvalue weighted by atomic mass is 10.3. The van der Waals surface area contributed by atoms with Crippen LogP contribution in [0.25, 0.3) is 10.2 Å². The summed E-state index contributed by atoms with van der Waals surface area (Å²) < 4.78 is 10.5. The number of thioether (sulfide) groups is 1. The van der Waals surface area contributed by atoms with Gasteiger partial charge >= 0.3 is 12.3 Å². The van der Waals surface area contributed by atoms with Crippen LogP contribution in [0.15, 0.2) is 22.5 Å². The van der Waals surface area contributed by atoms with Gasteiger partial charge in [-0.05, 0) is 18.2 Å². The maximum atomic E-state index is 10.6. The van der Waals surface area contributed by atoms with E-state index in [4.69, 9.17) is 15.9 Å². The minimum atomic E-state index is -1.49. The molecule has 118 valence electrons. The summed E-state index contributed by atoms with van der Waals surface area (Å²) in [6, 6.07) is 5.34. The zero-order valence-electron chi connectivity index (χ0n) is 11.1. The molecule has 10 heteroatoms. The van der Waals surface area contributed by atoms with Crippen molar-refractivity contribution in [3.05, 3.63) is 18.2 Å². The summed E-state index contributed by atoms with van der Waals surface area (Å²) in [5.74, 6) is 0.189. The molecule has 0 bridgehead atoms. The van der Waals surface area contributed by atoms with E-state index in [2.05, 4.69) is 14.5 Å². The van der Waals surface area contributed by atoms with E-state index in [1.54, 1.807) is 18.2 Å². The first-order valence-electron chi connectivity index (χ1n) is 5.98.